The molecular weight excluding hydrogens is 326 g/mol. The summed E-state index contributed by atoms with van der Waals surface area (Å²) in [6, 6.07) is 9.51. The summed E-state index contributed by atoms with van der Waals surface area (Å²) in [7, 11) is 0. The highest BCUT2D eigenvalue weighted by Gasteiger charge is 2.48. The Morgan fingerprint density at radius 3 is 2.71 bits per heavy atom. The van der Waals surface area contributed by atoms with Crippen LogP contribution in [0.3, 0.4) is 0 Å². The van der Waals surface area contributed by atoms with E-state index < -0.39 is 17.5 Å². The van der Waals surface area contributed by atoms with E-state index in [2.05, 4.69) is 15.1 Å². The lowest BCUT2D eigenvalue weighted by molar-refractivity contribution is -0.163. The number of aliphatic hydroxyl groups is 1. The Balaban J connectivity index is 1.72. The minimum absolute atomic E-state index is 0.331. The van der Waals surface area contributed by atoms with Gasteiger partial charge in [0.1, 0.15) is 15.4 Å². The van der Waals surface area contributed by atoms with Crippen LogP contribution in [0.2, 0.25) is 0 Å². The summed E-state index contributed by atoms with van der Waals surface area (Å²) < 4.78 is 0. The van der Waals surface area contributed by atoms with Crippen molar-refractivity contribution in [1.82, 2.24) is 15.1 Å². The van der Waals surface area contributed by atoms with Crippen LogP contribution in [0.1, 0.15) is 22.0 Å². The van der Waals surface area contributed by atoms with Crippen molar-refractivity contribution in [3.63, 3.8) is 0 Å². The third-order valence-electron chi connectivity index (χ3n) is 4.66. The van der Waals surface area contributed by atoms with Gasteiger partial charge in [-0.25, -0.2) is 0 Å². The summed E-state index contributed by atoms with van der Waals surface area (Å²) in [5.74, 6) is -0.926. The van der Waals surface area contributed by atoms with Crippen molar-refractivity contribution >= 4 is 17.3 Å². The molecule has 0 bridgehead atoms. The number of β-amino-alcohol motifs (C(OH)–C–C–N with tert-alkyl or cyclic N) is 1. The van der Waals surface area contributed by atoms with Gasteiger partial charge in [-0.2, -0.15) is 0 Å². The van der Waals surface area contributed by atoms with Crippen molar-refractivity contribution in [2.75, 3.05) is 13.1 Å². The summed E-state index contributed by atoms with van der Waals surface area (Å²) >= 11 is 1.53. The molecule has 0 saturated carbocycles. The average Bonchev–Trinajstić information content (AvgIpc) is 2.96. The van der Waals surface area contributed by atoms with Gasteiger partial charge in [-0.3, -0.25) is 9.69 Å². The normalized spacial score (nSPS) is 24.8. The monoisotopic (exact) mass is 347 g/mol. The molecule has 0 radical (unpaired) electrons. The quantitative estimate of drug-likeness (QED) is 0.857. The number of carboxylic acids is 1. The standard InChI is InChI=1S/C17H21N3O3S/c1-12-18-19-15(24-12)11-20-8-7-17(16(22)23,14(21)10-20)9-13-5-3-2-4-6-13/h2-6,14,21H,7-11H2,1H3,(H,22,23)/t14-,17+/m0/s1. The summed E-state index contributed by atoms with van der Waals surface area (Å²) in [6.45, 7) is 3.46. The molecule has 24 heavy (non-hydrogen) atoms. The molecule has 3 rings (SSSR count). The van der Waals surface area contributed by atoms with Crippen molar-refractivity contribution in [3.05, 3.63) is 45.9 Å². The average molecular weight is 347 g/mol. The van der Waals surface area contributed by atoms with Crippen LogP contribution in [0.15, 0.2) is 30.3 Å². The number of benzene rings is 1. The zero-order chi connectivity index (χ0) is 17.2. The van der Waals surface area contributed by atoms with Crippen molar-refractivity contribution < 1.29 is 15.0 Å². The molecule has 1 aliphatic heterocycles. The number of aromatic nitrogens is 2. The molecule has 0 unspecified atom stereocenters. The highest BCUT2D eigenvalue weighted by Crippen LogP contribution is 2.36. The molecule has 1 saturated heterocycles. The molecule has 1 aromatic carbocycles. The van der Waals surface area contributed by atoms with Crippen LogP contribution in [0, 0.1) is 12.3 Å². The minimum atomic E-state index is -1.13. The Hall–Kier alpha value is -1.83. The fourth-order valence-corrected chi connectivity index (χ4v) is 4.01. The summed E-state index contributed by atoms with van der Waals surface area (Å²) in [6.07, 6.45) is -0.162. The number of piperidine rings is 1. The Morgan fingerprint density at radius 1 is 1.38 bits per heavy atom. The van der Waals surface area contributed by atoms with E-state index in [-0.39, 0.29) is 0 Å². The van der Waals surface area contributed by atoms with Crippen LogP contribution in [-0.2, 0) is 17.8 Å². The van der Waals surface area contributed by atoms with Gasteiger partial charge < -0.3 is 10.2 Å². The van der Waals surface area contributed by atoms with Crippen molar-refractivity contribution in [2.24, 2.45) is 5.41 Å². The Morgan fingerprint density at radius 2 is 2.12 bits per heavy atom. The van der Waals surface area contributed by atoms with Gasteiger partial charge in [-0.1, -0.05) is 30.3 Å². The van der Waals surface area contributed by atoms with E-state index in [1.165, 1.54) is 11.3 Å². The van der Waals surface area contributed by atoms with Crippen LogP contribution in [0.25, 0.3) is 0 Å². The number of nitrogens with zero attached hydrogens (tertiary/aromatic N) is 3. The van der Waals surface area contributed by atoms with Gasteiger partial charge >= 0.3 is 5.97 Å². The van der Waals surface area contributed by atoms with E-state index in [0.717, 1.165) is 15.6 Å². The summed E-state index contributed by atoms with van der Waals surface area (Å²) in [4.78, 5) is 14.0. The minimum Gasteiger partial charge on any atom is -0.481 e. The molecule has 2 aromatic rings. The zero-order valence-electron chi connectivity index (χ0n) is 13.6. The maximum atomic E-state index is 12.0. The third-order valence-corrected chi connectivity index (χ3v) is 5.48. The fraction of sp³-hybridized carbons (Fsp3) is 0.471. The number of likely N-dealkylation sites (tertiary alicyclic amines) is 1. The van der Waals surface area contributed by atoms with Gasteiger partial charge in [0, 0.05) is 6.54 Å². The van der Waals surface area contributed by atoms with Crippen molar-refractivity contribution in [2.45, 2.75) is 32.4 Å². The predicted molar refractivity (Wildman–Crippen MR) is 90.8 cm³/mol. The Kier molecular flexibility index (Phi) is 4.93. The summed E-state index contributed by atoms with van der Waals surface area (Å²) in [5.41, 5.74) is -0.193. The van der Waals surface area contributed by atoms with Crippen LogP contribution in [0.5, 0.6) is 0 Å². The first-order valence-electron chi connectivity index (χ1n) is 7.96. The lowest BCUT2D eigenvalue weighted by atomic mass is 9.71. The topological polar surface area (TPSA) is 86.6 Å². The molecule has 7 heteroatoms. The second kappa shape index (κ2) is 6.96. The first-order valence-corrected chi connectivity index (χ1v) is 8.78. The van der Waals surface area contributed by atoms with E-state index in [4.69, 9.17) is 0 Å². The van der Waals surface area contributed by atoms with Crippen molar-refractivity contribution in [1.29, 1.82) is 0 Å². The Bertz CT molecular complexity index is 706. The lowest BCUT2D eigenvalue weighted by Crippen LogP contribution is -2.55. The van der Waals surface area contributed by atoms with Gasteiger partial charge in [-0.05, 0) is 31.9 Å². The largest absolute Gasteiger partial charge is 0.481 e. The second-order valence-electron chi connectivity index (χ2n) is 6.34. The molecule has 0 spiro atoms. The summed E-state index contributed by atoms with van der Waals surface area (Å²) in [5, 5.41) is 30.4. The molecule has 1 aliphatic rings. The number of carboxylic acid groups (broad SMARTS) is 1. The maximum absolute atomic E-state index is 12.0. The first-order chi connectivity index (χ1) is 11.5. The van der Waals surface area contributed by atoms with Crippen LogP contribution < -0.4 is 0 Å². The zero-order valence-corrected chi connectivity index (χ0v) is 14.4. The molecular formula is C17H21N3O3S. The second-order valence-corrected chi connectivity index (χ2v) is 7.61. The lowest BCUT2D eigenvalue weighted by Gasteiger charge is -2.42. The number of aryl methyl sites for hydroxylation is 1. The molecule has 2 atom stereocenters. The molecule has 128 valence electrons. The number of rotatable bonds is 5. The number of hydrogen-bond acceptors (Lipinski definition) is 6. The van der Waals surface area contributed by atoms with E-state index in [1.54, 1.807) is 0 Å². The van der Waals surface area contributed by atoms with Gasteiger partial charge in [0.2, 0.25) is 0 Å². The van der Waals surface area contributed by atoms with E-state index >= 15 is 0 Å². The van der Waals surface area contributed by atoms with Crippen molar-refractivity contribution in [3.8, 4) is 0 Å². The Labute approximate surface area is 144 Å². The van der Waals surface area contributed by atoms with Gasteiger partial charge in [0.25, 0.3) is 0 Å². The molecule has 1 fully saturated rings. The molecule has 0 aliphatic carbocycles. The number of hydrogen-bond donors (Lipinski definition) is 2. The molecule has 2 heterocycles. The SMILES string of the molecule is Cc1nnc(CN2CC[C@](Cc3ccccc3)(C(=O)O)[C@@H](O)C2)s1. The van der Waals surface area contributed by atoms with Crippen LogP contribution >= 0.6 is 11.3 Å². The van der Waals surface area contributed by atoms with E-state index in [9.17, 15) is 15.0 Å². The number of aliphatic carboxylic acids is 1. The molecule has 6 nitrogen and oxygen atoms in total. The fourth-order valence-electron chi connectivity index (χ4n) is 3.26. The smallest absolute Gasteiger partial charge is 0.312 e. The first kappa shape index (κ1) is 17.0. The van der Waals surface area contributed by atoms with Crippen LogP contribution in [-0.4, -0.2) is 50.5 Å². The van der Waals surface area contributed by atoms with E-state index in [1.807, 2.05) is 37.3 Å². The number of aliphatic hydroxyl groups excluding tert-OH is 1. The third kappa shape index (κ3) is 3.48. The molecule has 0 amide bonds. The highest BCUT2D eigenvalue weighted by atomic mass is 32.1. The predicted octanol–water partition coefficient (Wildman–Crippen LogP) is 1.73. The van der Waals surface area contributed by atoms with Crippen LogP contribution in [0.4, 0.5) is 0 Å². The van der Waals surface area contributed by atoms with Gasteiger partial charge in [-0.15, -0.1) is 21.5 Å². The molecule has 2 N–H and O–H groups in total. The maximum Gasteiger partial charge on any atom is 0.312 e. The number of carbonyl (C=O) groups is 1. The van der Waals surface area contributed by atoms with E-state index in [0.29, 0.717) is 32.5 Å². The molecule has 1 aromatic heterocycles. The van der Waals surface area contributed by atoms with Gasteiger partial charge in [0.05, 0.1) is 12.6 Å². The highest BCUT2D eigenvalue weighted by molar-refractivity contribution is 7.11. The van der Waals surface area contributed by atoms with Gasteiger partial charge in [0.15, 0.2) is 0 Å².